The van der Waals surface area contributed by atoms with E-state index in [2.05, 4.69) is 15.3 Å². The van der Waals surface area contributed by atoms with Crippen LogP contribution in [-0.4, -0.2) is 72.7 Å². The number of rotatable bonds is 9. The lowest BCUT2D eigenvalue weighted by molar-refractivity contribution is 0.0279. The summed E-state index contributed by atoms with van der Waals surface area (Å²) in [4.78, 5) is 41.3. The van der Waals surface area contributed by atoms with Crippen molar-refractivity contribution in [2.75, 3.05) is 55.4 Å². The average molecular weight is 567 g/mol. The summed E-state index contributed by atoms with van der Waals surface area (Å²) in [6.07, 6.45) is 1.52. The lowest BCUT2D eigenvalue weighted by Crippen LogP contribution is -2.35. The molecule has 0 bridgehead atoms. The van der Waals surface area contributed by atoms with Crippen molar-refractivity contribution in [3.8, 4) is 5.75 Å². The molecule has 0 radical (unpaired) electrons. The number of ether oxygens (including phenoxy) is 2. The standard InChI is InChI=1S/C29H38N6O4S/c1-7-30-27-31-19-22-25(32-27)33(5)15-16-35(26(22)36)20-10-8-11-21(18-20)38-23(24-12-9-17-40-24)13-14-34(6)28(37)39-29(2,3)4/h8-12,17-19,23H,7,13-16H2,1-6H3,(H,30,31,32). The van der Waals surface area contributed by atoms with Crippen LogP contribution in [0.5, 0.6) is 5.75 Å². The van der Waals surface area contributed by atoms with Crippen molar-refractivity contribution < 1.29 is 19.1 Å². The minimum absolute atomic E-state index is 0.159. The molecular formula is C29H38N6O4S. The van der Waals surface area contributed by atoms with Crippen LogP contribution in [0.1, 0.15) is 55.5 Å². The first-order valence-electron chi connectivity index (χ1n) is 13.4. The van der Waals surface area contributed by atoms with Crippen molar-refractivity contribution in [1.82, 2.24) is 14.9 Å². The lowest BCUT2D eigenvalue weighted by atomic mass is 10.2. The molecule has 4 rings (SSSR count). The number of thiophene rings is 1. The predicted molar refractivity (Wildman–Crippen MR) is 159 cm³/mol. The fourth-order valence-electron chi connectivity index (χ4n) is 4.27. The summed E-state index contributed by atoms with van der Waals surface area (Å²) in [6, 6.07) is 11.6. The van der Waals surface area contributed by atoms with Crippen LogP contribution in [0.15, 0.2) is 48.0 Å². The van der Waals surface area contributed by atoms with Gasteiger partial charge in [0.05, 0.1) is 0 Å². The van der Waals surface area contributed by atoms with E-state index in [4.69, 9.17) is 9.47 Å². The largest absolute Gasteiger partial charge is 0.485 e. The summed E-state index contributed by atoms with van der Waals surface area (Å²) in [6.45, 7) is 9.78. The van der Waals surface area contributed by atoms with Crippen LogP contribution < -0.4 is 19.9 Å². The topological polar surface area (TPSA) is 100 Å². The van der Waals surface area contributed by atoms with Crippen molar-refractivity contribution in [1.29, 1.82) is 0 Å². The normalized spacial score (nSPS) is 14.3. The van der Waals surface area contributed by atoms with Gasteiger partial charge in [-0.2, -0.15) is 4.98 Å². The zero-order valence-electron chi connectivity index (χ0n) is 24.0. The molecule has 1 aliphatic rings. The van der Waals surface area contributed by atoms with Gasteiger partial charge in [-0.25, -0.2) is 9.78 Å². The third kappa shape index (κ3) is 7.20. The van der Waals surface area contributed by atoms with Crippen molar-refractivity contribution >= 4 is 40.8 Å². The minimum Gasteiger partial charge on any atom is -0.485 e. The maximum atomic E-state index is 13.6. The van der Waals surface area contributed by atoms with Crippen LogP contribution in [0.4, 0.5) is 22.2 Å². The Hall–Kier alpha value is -3.86. The van der Waals surface area contributed by atoms with Crippen molar-refractivity contribution in [2.24, 2.45) is 0 Å². The molecule has 0 spiro atoms. The number of hydrogen-bond donors (Lipinski definition) is 1. The van der Waals surface area contributed by atoms with Crippen LogP contribution in [0.2, 0.25) is 0 Å². The highest BCUT2D eigenvalue weighted by atomic mass is 32.1. The number of anilines is 3. The van der Waals surface area contributed by atoms with Gasteiger partial charge in [-0.3, -0.25) is 4.79 Å². The molecule has 0 aliphatic carbocycles. The molecule has 10 nitrogen and oxygen atoms in total. The maximum Gasteiger partial charge on any atom is 0.410 e. The SMILES string of the molecule is CCNc1ncc2c(n1)N(C)CCN(c1cccc(OC(CCN(C)C(=O)OC(C)(C)C)c3cccs3)c1)C2=O. The third-order valence-corrected chi connectivity index (χ3v) is 7.26. The monoisotopic (exact) mass is 566 g/mol. The quantitative estimate of drug-likeness (QED) is 0.365. The Kier molecular flexibility index (Phi) is 9.14. The molecule has 1 unspecified atom stereocenters. The van der Waals surface area contributed by atoms with E-state index in [9.17, 15) is 9.59 Å². The summed E-state index contributed by atoms with van der Waals surface area (Å²) in [5, 5.41) is 5.12. The first-order valence-corrected chi connectivity index (χ1v) is 14.3. The summed E-state index contributed by atoms with van der Waals surface area (Å²) in [5.41, 5.74) is 0.626. The van der Waals surface area contributed by atoms with Gasteiger partial charge in [0.1, 0.15) is 28.8 Å². The average Bonchev–Trinajstić information content (AvgIpc) is 3.41. The molecule has 1 atom stereocenters. The van der Waals surface area contributed by atoms with Crippen LogP contribution in [-0.2, 0) is 4.74 Å². The minimum atomic E-state index is -0.559. The smallest absolute Gasteiger partial charge is 0.410 e. The van der Waals surface area contributed by atoms with E-state index in [1.165, 1.54) is 0 Å². The third-order valence-electron chi connectivity index (χ3n) is 6.30. The van der Waals surface area contributed by atoms with Gasteiger partial charge in [-0.1, -0.05) is 12.1 Å². The fourth-order valence-corrected chi connectivity index (χ4v) is 5.06. The maximum absolute atomic E-state index is 13.6. The van der Waals surface area contributed by atoms with Crippen molar-refractivity contribution in [3.63, 3.8) is 0 Å². The molecule has 11 heteroatoms. The molecule has 1 aromatic carbocycles. The number of likely N-dealkylation sites (N-methyl/N-ethyl adjacent to an activating group) is 1. The molecule has 2 amide bonds. The highest BCUT2D eigenvalue weighted by molar-refractivity contribution is 7.10. The van der Waals surface area contributed by atoms with Gasteiger partial charge >= 0.3 is 6.09 Å². The number of benzene rings is 1. The van der Waals surface area contributed by atoms with Gasteiger partial charge in [-0.15, -0.1) is 11.3 Å². The number of hydrogen-bond acceptors (Lipinski definition) is 9. The Balaban J connectivity index is 1.52. The van der Waals surface area contributed by atoms with Crippen molar-refractivity contribution in [3.05, 3.63) is 58.4 Å². The molecule has 0 saturated carbocycles. The summed E-state index contributed by atoms with van der Waals surface area (Å²) < 4.78 is 12.0. The van der Waals surface area contributed by atoms with E-state index in [0.717, 1.165) is 10.6 Å². The Morgan fingerprint density at radius 3 is 2.73 bits per heavy atom. The van der Waals surface area contributed by atoms with Crippen molar-refractivity contribution in [2.45, 2.75) is 45.8 Å². The van der Waals surface area contributed by atoms with Gasteiger partial charge in [0, 0.05) is 69.5 Å². The van der Waals surface area contributed by atoms with Gasteiger partial charge < -0.3 is 29.5 Å². The Labute approximate surface area is 239 Å². The summed E-state index contributed by atoms with van der Waals surface area (Å²) >= 11 is 1.60. The number of fused-ring (bicyclic) bond motifs is 1. The number of carbonyl (C=O) groups excluding carboxylic acids is 2. The zero-order chi connectivity index (χ0) is 28.9. The molecular weight excluding hydrogens is 528 g/mol. The molecule has 214 valence electrons. The fraction of sp³-hybridized carbons (Fsp3) is 0.448. The van der Waals surface area contributed by atoms with Gasteiger partial charge in [0.2, 0.25) is 5.95 Å². The predicted octanol–water partition coefficient (Wildman–Crippen LogP) is 5.44. The second-order valence-electron chi connectivity index (χ2n) is 10.6. The molecule has 2 aromatic heterocycles. The second kappa shape index (κ2) is 12.5. The van der Waals surface area contributed by atoms with E-state index < -0.39 is 5.60 Å². The van der Waals surface area contributed by atoms with E-state index in [-0.39, 0.29) is 18.1 Å². The van der Waals surface area contributed by atoms with Gasteiger partial charge in [0.15, 0.2) is 0 Å². The highest BCUT2D eigenvalue weighted by Crippen LogP contribution is 2.32. The van der Waals surface area contributed by atoms with Crippen LogP contribution >= 0.6 is 11.3 Å². The zero-order valence-corrected chi connectivity index (χ0v) is 24.8. The number of aromatic nitrogens is 2. The lowest BCUT2D eigenvalue weighted by Gasteiger charge is -2.26. The number of nitrogens with zero attached hydrogens (tertiary/aromatic N) is 5. The number of carbonyl (C=O) groups is 2. The molecule has 3 aromatic rings. The van der Waals surface area contributed by atoms with Gasteiger partial charge in [0.25, 0.3) is 5.91 Å². The van der Waals surface area contributed by atoms with Crippen LogP contribution in [0.25, 0.3) is 0 Å². The van der Waals surface area contributed by atoms with Gasteiger partial charge in [-0.05, 0) is 51.3 Å². The van der Waals surface area contributed by atoms with Crippen LogP contribution in [0.3, 0.4) is 0 Å². The van der Waals surface area contributed by atoms with Crippen LogP contribution in [0, 0.1) is 0 Å². The molecule has 3 heterocycles. The van der Waals surface area contributed by atoms with E-state index in [1.54, 1.807) is 34.4 Å². The number of amides is 2. The molecule has 1 aliphatic heterocycles. The summed E-state index contributed by atoms with van der Waals surface area (Å²) in [5.74, 6) is 1.59. The van der Waals surface area contributed by atoms with E-state index in [1.807, 2.05) is 81.4 Å². The molecule has 0 fully saturated rings. The Morgan fingerprint density at radius 1 is 1.23 bits per heavy atom. The molecule has 40 heavy (non-hydrogen) atoms. The van der Waals surface area contributed by atoms with E-state index >= 15 is 0 Å². The second-order valence-corrected chi connectivity index (χ2v) is 11.6. The number of nitrogens with one attached hydrogen (secondary N) is 1. The molecule has 1 N–H and O–H groups in total. The highest BCUT2D eigenvalue weighted by Gasteiger charge is 2.29. The Bertz CT molecular complexity index is 1310. The first kappa shape index (κ1) is 29.1. The summed E-state index contributed by atoms with van der Waals surface area (Å²) in [7, 11) is 3.66. The first-order chi connectivity index (χ1) is 19.1. The van der Waals surface area contributed by atoms with E-state index in [0.29, 0.717) is 55.7 Å². The molecule has 0 saturated heterocycles. The Morgan fingerprint density at radius 2 is 2.02 bits per heavy atom.